The van der Waals surface area contributed by atoms with E-state index >= 15 is 0 Å². The molecular formula is C17H23NO2. The van der Waals surface area contributed by atoms with Gasteiger partial charge in [0.15, 0.2) is 5.78 Å². The molecule has 0 aromatic carbocycles. The zero-order valence-corrected chi connectivity index (χ0v) is 12.6. The lowest BCUT2D eigenvalue weighted by molar-refractivity contribution is -0.139. The molecule has 1 heterocycles. The highest BCUT2D eigenvalue weighted by Crippen LogP contribution is 2.30. The number of rotatable bonds is 5. The van der Waals surface area contributed by atoms with Crippen LogP contribution in [0.5, 0.6) is 0 Å². The molecule has 0 aromatic heterocycles. The summed E-state index contributed by atoms with van der Waals surface area (Å²) in [5.74, 6) is -0.636. The molecule has 0 aliphatic carbocycles. The average Bonchev–Trinajstić information content (AvgIpc) is 2.74. The van der Waals surface area contributed by atoms with E-state index in [9.17, 15) is 9.59 Å². The minimum absolute atomic E-state index is 0.00986. The monoisotopic (exact) mass is 273 g/mol. The third kappa shape index (κ3) is 3.56. The van der Waals surface area contributed by atoms with Gasteiger partial charge in [-0.3, -0.25) is 9.59 Å². The van der Waals surface area contributed by atoms with Gasteiger partial charge in [-0.1, -0.05) is 52.2 Å². The van der Waals surface area contributed by atoms with Crippen LogP contribution in [0.4, 0.5) is 0 Å². The van der Waals surface area contributed by atoms with Gasteiger partial charge in [0.2, 0.25) is 5.91 Å². The number of hydrogen-bond donors (Lipinski definition) is 0. The van der Waals surface area contributed by atoms with Gasteiger partial charge in [0.05, 0.1) is 5.92 Å². The van der Waals surface area contributed by atoms with Gasteiger partial charge in [0.25, 0.3) is 0 Å². The van der Waals surface area contributed by atoms with Crippen LogP contribution in [0.25, 0.3) is 0 Å². The summed E-state index contributed by atoms with van der Waals surface area (Å²) in [4.78, 5) is 26.4. The van der Waals surface area contributed by atoms with E-state index in [4.69, 9.17) is 0 Å². The quantitative estimate of drug-likeness (QED) is 0.569. The summed E-state index contributed by atoms with van der Waals surface area (Å²) in [5.41, 5.74) is 0.254. The summed E-state index contributed by atoms with van der Waals surface area (Å²) < 4.78 is 0. The van der Waals surface area contributed by atoms with Gasteiger partial charge in [-0.2, -0.15) is 0 Å². The largest absolute Gasteiger partial charge is 0.312 e. The van der Waals surface area contributed by atoms with E-state index in [-0.39, 0.29) is 11.7 Å². The topological polar surface area (TPSA) is 37.4 Å². The van der Waals surface area contributed by atoms with E-state index in [0.29, 0.717) is 13.0 Å². The van der Waals surface area contributed by atoms with Crippen LogP contribution in [0.2, 0.25) is 0 Å². The fraction of sp³-hybridized carbons (Fsp3) is 0.412. The predicted octanol–water partition coefficient (Wildman–Crippen LogP) is 3.26. The van der Waals surface area contributed by atoms with E-state index in [1.54, 1.807) is 35.3 Å². The number of hydrogen-bond acceptors (Lipinski definition) is 2. The molecule has 0 N–H and O–H groups in total. The molecule has 0 bridgehead atoms. The molecule has 1 amide bonds. The number of carbonyl (C=O) groups excluding carboxylic acids is 2. The molecule has 20 heavy (non-hydrogen) atoms. The van der Waals surface area contributed by atoms with Gasteiger partial charge in [0.1, 0.15) is 0 Å². The van der Waals surface area contributed by atoms with Crippen molar-refractivity contribution in [3.8, 4) is 0 Å². The van der Waals surface area contributed by atoms with Gasteiger partial charge in [-0.25, -0.2) is 0 Å². The Hall–Kier alpha value is -1.90. The molecule has 0 spiro atoms. The van der Waals surface area contributed by atoms with Crippen molar-refractivity contribution in [3.05, 3.63) is 49.2 Å². The van der Waals surface area contributed by atoms with Gasteiger partial charge >= 0.3 is 0 Å². The van der Waals surface area contributed by atoms with Crippen molar-refractivity contribution in [2.75, 3.05) is 6.54 Å². The third-order valence-electron chi connectivity index (χ3n) is 3.26. The zero-order chi connectivity index (χ0) is 15.3. The maximum Gasteiger partial charge on any atom is 0.237 e. The van der Waals surface area contributed by atoms with Crippen molar-refractivity contribution in [1.29, 1.82) is 0 Å². The van der Waals surface area contributed by atoms with Crippen molar-refractivity contribution < 1.29 is 9.59 Å². The summed E-state index contributed by atoms with van der Waals surface area (Å²) in [6.07, 6.45) is 9.19. The molecule has 0 aromatic rings. The van der Waals surface area contributed by atoms with E-state index in [1.807, 2.05) is 20.8 Å². The summed E-state index contributed by atoms with van der Waals surface area (Å²) >= 11 is 0. The maximum atomic E-state index is 12.4. The van der Waals surface area contributed by atoms with Crippen LogP contribution in [-0.4, -0.2) is 23.1 Å². The minimum Gasteiger partial charge on any atom is -0.312 e. The Morgan fingerprint density at radius 3 is 2.45 bits per heavy atom. The summed E-state index contributed by atoms with van der Waals surface area (Å²) in [6.45, 7) is 13.4. The molecule has 1 rings (SSSR count). The fourth-order valence-electron chi connectivity index (χ4n) is 2.23. The molecule has 3 nitrogen and oxygen atoms in total. The Morgan fingerprint density at radius 2 is 1.95 bits per heavy atom. The minimum atomic E-state index is -0.527. The number of carbonyl (C=O) groups is 2. The first-order valence-corrected chi connectivity index (χ1v) is 6.80. The van der Waals surface area contributed by atoms with E-state index < -0.39 is 11.3 Å². The highest BCUT2D eigenvalue weighted by Gasteiger charge is 2.41. The molecule has 3 heteroatoms. The molecule has 1 atom stereocenters. The van der Waals surface area contributed by atoms with E-state index in [1.165, 1.54) is 0 Å². The third-order valence-corrected chi connectivity index (χ3v) is 3.26. The Bertz CT molecular complexity index is 478. The Kier molecular flexibility index (Phi) is 5.26. The van der Waals surface area contributed by atoms with Crippen molar-refractivity contribution >= 4 is 11.7 Å². The summed E-state index contributed by atoms with van der Waals surface area (Å²) in [6, 6.07) is 0. The van der Waals surface area contributed by atoms with Crippen LogP contribution in [0.3, 0.4) is 0 Å². The number of allylic oxidation sites excluding steroid dienone is 5. The van der Waals surface area contributed by atoms with E-state index in [0.717, 1.165) is 5.70 Å². The molecule has 108 valence electrons. The van der Waals surface area contributed by atoms with Crippen molar-refractivity contribution in [3.63, 3.8) is 0 Å². The molecule has 1 unspecified atom stereocenters. The normalized spacial score (nSPS) is 20.6. The first kappa shape index (κ1) is 16.2. The standard InChI is InChI=1S/C17H23NO2/c1-6-8-10-13(9-7-2)18-12-11-14(16(18)20)15(19)17(3,4)5/h6-10,14H,1-2,11-12H2,3-5H3/b10-8-,13-9+. The second-order valence-electron chi connectivity index (χ2n) is 5.87. The maximum absolute atomic E-state index is 12.4. The highest BCUT2D eigenvalue weighted by atomic mass is 16.2. The lowest BCUT2D eigenvalue weighted by Crippen LogP contribution is -2.35. The van der Waals surface area contributed by atoms with Gasteiger partial charge in [-0.15, -0.1) is 0 Å². The highest BCUT2D eigenvalue weighted by molar-refractivity contribution is 6.05. The predicted molar refractivity (Wildman–Crippen MR) is 81.9 cm³/mol. The number of nitrogens with zero attached hydrogens (tertiary/aromatic N) is 1. The number of amides is 1. The molecule has 1 aliphatic rings. The van der Waals surface area contributed by atoms with Crippen molar-refractivity contribution in [2.45, 2.75) is 27.2 Å². The van der Waals surface area contributed by atoms with Crippen LogP contribution < -0.4 is 0 Å². The smallest absolute Gasteiger partial charge is 0.237 e. The summed E-state index contributed by atoms with van der Waals surface area (Å²) in [5, 5.41) is 0. The van der Waals surface area contributed by atoms with Gasteiger partial charge in [0, 0.05) is 17.7 Å². The van der Waals surface area contributed by atoms with Crippen LogP contribution in [0.1, 0.15) is 27.2 Å². The molecule has 0 radical (unpaired) electrons. The molecule has 0 saturated carbocycles. The van der Waals surface area contributed by atoms with Crippen LogP contribution in [-0.2, 0) is 9.59 Å². The summed E-state index contributed by atoms with van der Waals surface area (Å²) in [7, 11) is 0. The number of Topliss-reactive ketones (excluding diaryl/α,β-unsaturated/α-hetero) is 1. The van der Waals surface area contributed by atoms with Crippen molar-refractivity contribution in [1.82, 2.24) is 4.90 Å². The first-order chi connectivity index (χ1) is 9.32. The second kappa shape index (κ2) is 6.51. The number of likely N-dealkylation sites (tertiary alicyclic amines) is 1. The SMILES string of the molecule is C=C/C=C\C(=C/C=C)N1CCC(C(=O)C(C)(C)C)C1=O. The Labute approximate surface area is 121 Å². The van der Waals surface area contributed by atoms with Crippen LogP contribution >= 0.6 is 0 Å². The Morgan fingerprint density at radius 1 is 1.30 bits per heavy atom. The lowest BCUT2D eigenvalue weighted by atomic mass is 9.82. The van der Waals surface area contributed by atoms with Gasteiger partial charge < -0.3 is 4.90 Å². The number of ketones is 1. The van der Waals surface area contributed by atoms with Crippen molar-refractivity contribution in [2.24, 2.45) is 11.3 Å². The van der Waals surface area contributed by atoms with Crippen LogP contribution in [0.15, 0.2) is 49.2 Å². The molecule has 1 aliphatic heterocycles. The molecule has 1 fully saturated rings. The second-order valence-corrected chi connectivity index (χ2v) is 5.87. The lowest BCUT2D eigenvalue weighted by Gasteiger charge is -2.22. The van der Waals surface area contributed by atoms with Crippen LogP contribution in [0, 0.1) is 11.3 Å². The molecule has 1 saturated heterocycles. The van der Waals surface area contributed by atoms with E-state index in [2.05, 4.69) is 13.2 Å². The fourth-order valence-corrected chi connectivity index (χ4v) is 2.23. The van der Waals surface area contributed by atoms with Gasteiger partial charge in [-0.05, 0) is 18.6 Å². The Balaban J connectivity index is 2.96. The molecular weight excluding hydrogens is 250 g/mol. The first-order valence-electron chi connectivity index (χ1n) is 6.80. The average molecular weight is 273 g/mol. The zero-order valence-electron chi connectivity index (χ0n) is 12.6.